The largest absolute Gasteiger partial charge is 0.364 e. The Bertz CT molecular complexity index is 424. The van der Waals surface area contributed by atoms with Gasteiger partial charge in [-0.25, -0.2) is 0 Å². The Balaban J connectivity index is 2.19. The molecule has 0 saturated heterocycles. The molecule has 0 aromatic carbocycles. The van der Waals surface area contributed by atoms with Gasteiger partial charge in [0.05, 0.1) is 18.4 Å². The molecule has 0 spiro atoms. The lowest BCUT2D eigenvalue weighted by molar-refractivity contribution is -0.112. The second-order valence-corrected chi connectivity index (χ2v) is 3.08. The third-order valence-electron chi connectivity index (χ3n) is 2.06. The second-order valence-electron chi connectivity index (χ2n) is 3.08. The number of amides is 1. The van der Waals surface area contributed by atoms with Crippen LogP contribution in [0.15, 0.2) is 41.9 Å². The van der Waals surface area contributed by atoms with Crippen molar-refractivity contribution in [2.24, 2.45) is 10.7 Å². The highest BCUT2D eigenvalue weighted by Crippen LogP contribution is 2.14. The van der Waals surface area contributed by atoms with Crippen LogP contribution in [0.5, 0.6) is 0 Å². The van der Waals surface area contributed by atoms with Crippen LogP contribution in [0, 0.1) is 0 Å². The minimum absolute atomic E-state index is 0.348. The molecule has 5 heteroatoms. The van der Waals surface area contributed by atoms with Crippen molar-refractivity contribution >= 4 is 17.3 Å². The van der Waals surface area contributed by atoms with E-state index in [1.807, 2.05) is 17.0 Å². The molecular formula is C10H10N4O. The summed E-state index contributed by atoms with van der Waals surface area (Å²) in [7, 11) is 0. The minimum Gasteiger partial charge on any atom is -0.364 e. The van der Waals surface area contributed by atoms with Gasteiger partial charge < -0.3 is 10.6 Å². The number of pyridine rings is 1. The van der Waals surface area contributed by atoms with Crippen LogP contribution in [-0.2, 0) is 4.79 Å². The van der Waals surface area contributed by atoms with Gasteiger partial charge in [-0.3, -0.25) is 14.8 Å². The standard InChI is InChI=1S/C10H10N4O/c11-10(15)9-7-14(5-4-13-9)8-2-1-3-12-6-8/h1-6H,7H2,(H2,11,15). The summed E-state index contributed by atoms with van der Waals surface area (Å²) < 4.78 is 0. The highest BCUT2D eigenvalue weighted by Gasteiger charge is 2.14. The van der Waals surface area contributed by atoms with Crippen molar-refractivity contribution in [1.29, 1.82) is 0 Å². The van der Waals surface area contributed by atoms with E-state index < -0.39 is 5.91 Å². The van der Waals surface area contributed by atoms with Crippen LogP contribution >= 0.6 is 0 Å². The van der Waals surface area contributed by atoms with E-state index in [1.54, 1.807) is 24.8 Å². The first-order valence-electron chi connectivity index (χ1n) is 4.47. The van der Waals surface area contributed by atoms with Gasteiger partial charge in [0, 0.05) is 18.6 Å². The van der Waals surface area contributed by atoms with Crippen molar-refractivity contribution in [2.45, 2.75) is 0 Å². The normalized spacial score (nSPS) is 14.9. The zero-order valence-electron chi connectivity index (χ0n) is 8.00. The van der Waals surface area contributed by atoms with Crippen LogP contribution in [0.25, 0.3) is 0 Å². The molecule has 2 N–H and O–H groups in total. The fourth-order valence-electron chi connectivity index (χ4n) is 1.30. The monoisotopic (exact) mass is 202 g/mol. The van der Waals surface area contributed by atoms with Gasteiger partial charge >= 0.3 is 0 Å². The first kappa shape index (κ1) is 9.39. The first-order valence-corrected chi connectivity index (χ1v) is 4.47. The van der Waals surface area contributed by atoms with Gasteiger partial charge in [0.25, 0.3) is 5.91 Å². The van der Waals surface area contributed by atoms with E-state index in [4.69, 9.17) is 5.73 Å². The molecule has 15 heavy (non-hydrogen) atoms. The Labute approximate surface area is 86.9 Å². The molecule has 2 heterocycles. The fraction of sp³-hybridized carbons (Fsp3) is 0.100. The summed E-state index contributed by atoms with van der Waals surface area (Å²) in [6, 6.07) is 3.74. The van der Waals surface area contributed by atoms with Crippen LogP contribution < -0.4 is 10.6 Å². The summed E-state index contributed by atoms with van der Waals surface area (Å²) in [6.45, 7) is 0.386. The summed E-state index contributed by atoms with van der Waals surface area (Å²) in [5.74, 6) is -0.492. The van der Waals surface area contributed by atoms with E-state index in [2.05, 4.69) is 9.98 Å². The van der Waals surface area contributed by atoms with Crippen molar-refractivity contribution in [3.8, 4) is 0 Å². The molecule has 0 fully saturated rings. The summed E-state index contributed by atoms with van der Waals surface area (Å²) in [5.41, 5.74) is 6.42. The number of carbonyl (C=O) groups excluding carboxylic acids is 1. The molecule has 0 radical (unpaired) electrons. The SMILES string of the molecule is NC(=O)C1=NC=CN(c2cccnc2)C1. The highest BCUT2D eigenvalue weighted by molar-refractivity contribution is 6.40. The Morgan fingerprint density at radius 2 is 2.40 bits per heavy atom. The van der Waals surface area contributed by atoms with Crippen molar-refractivity contribution in [3.05, 3.63) is 36.9 Å². The van der Waals surface area contributed by atoms with Gasteiger partial charge in [-0.05, 0) is 12.1 Å². The van der Waals surface area contributed by atoms with Crippen LogP contribution in [0.1, 0.15) is 0 Å². The van der Waals surface area contributed by atoms with Crippen LogP contribution in [0.4, 0.5) is 5.69 Å². The predicted octanol–water partition coefficient (Wildman–Crippen LogP) is 0.299. The van der Waals surface area contributed by atoms with E-state index in [0.717, 1.165) is 5.69 Å². The zero-order chi connectivity index (χ0) is 10.7. The topological polar surface area (TPSA) is 71.6 Å². The second kappa shape index (κ2) is 3.91. The zero-order valence-corrected chi connectivity index (χ0v) is 8.00. The van der Waals surface area contributed by atoms with Crippen LogP contribution in [0.2, 0.25) is 0 Å². The molecule has 76 valence electrons. The molecule has 0 unspecified atom stereocenters. The molecule has 0 aliphatic carbocycles. The molecule has 1 aliphatic heterocycles. The van der Waals surface area contributed by atoms with Crippen LogP contribution in [-0.4, -0.2) is 23.1 Å². The lowest BCUT2D eigenvalue weighted by atomic mass is 10.2. The first-order chi connectivity index (χ1) is 7.27. The Hall–Kier alpha value is -2.17. The van der Waals surface area contributed by atoms with E-state index in [-0.39, 0.29) is 0 Å². The number of rotatable bonds is 2. The molecule has 2 rings (SSSR count). The number of aromatic nitrogens is 1. The van der Waals surface area contributed by atoms with E-state index in [0.29, 0.717) is 12.3 Å². The summed E-state index contributed by atoms with van der Waals surface area (Å²) >= 11 is 0. The van der Waals surface area contributed by atoms with Crippen molar-refractivity contribution in [1.82, 2.24) is 4.98 Å². The maximum absolute atomic E-state index is 10.9. The number of aliphatic imine (C=N–C) groups is 1. The Kier molecular flexibility index (Phi) is 2.45. The van der Waals surface area contributed by atoms with E-state index in [1.165, 1.54) is 0 Å². The van der Waals surface area contributed by atoms with Gasteiger partial charge in [-0.1, -0.05) is 0 Å². The lowest BCUT2D eigenvalue weighted by Crippen LogP contribution is -2.35. The fourth-order valence-corrected chi connectivity index (χ4v) is 1.30. The number of carbonyl (C=O) groups is 1. The maximum atomic E-state index is 10.9. The molecule has 5 nitrogen and oxygen atoms in total. The van der Waals surface area contributed by atoms with Gasteiger partial charge in [0.15, 0.2) is 0 Å². The Morgan fingerprint density at radius 3 is 3.07 bits per heavy atom. The van der Waals surface area contributed by atoms with Gasteiger partial charge in [-0.2, -0.15) is 0 Å². The summed E-state index contributed by atoms with van der Waals surface area (Å²) in [6.07, 6.45) is 6.74. The molecule has 1 aliphatic rings. The molecule has 1 aromatic rings. The third-order valence-corrected chi connectivity index (χ3v) is 2.06. The average Bonchev–Trinajstić information content (AvgIpc) is 2.30. The summed E-state index contributed by atoms with van der Waals surface area (Å²) in [5, 5.41) is 0. The number of nitrogens with two attached hydrogens (primary N) is 1. The molecule has 0 saturated carbocycles. The molecule has 0 bridgehead atoms. The lowest BCUT2D eigenvalue weighted by Gasteiger charge is -2.21. The summed E-state index contributed by atoms with van der Waals surface area (Å²) in [4.78, 5) is 20.7. The van der Waals surface area contributed by atoms with Gasteiger partial charge in [0.1, 0.15) is 5.71 Å². The molecular weight excluding hydrogens is 192 g/mol. The number of anilines is 1. The average molecular weight is 202 g/mol. The number of nitrogens with zero attached hydrogens (tertiary/aromatic N) is 3. The quantitative estimate of drug-likeness (QED) is 0.749. The molecule has 0 atom stereocenters. The van der Waals surface area contributed by atoms with E-state index in [9.17, 15) is 4.79 Å². The number of hydrogen-bond donors (Lipinski definition) is 1. The third kappa shape index (κ3) is 2.01. The van der Waals surface area contributed by atoms with Gasteiger partial charge in [-0.15, -0.1) is 0 Å². The van der Waals surface area contributed by atoms with Crippen molar-refractivity contribution in [3.63, 3.8) is 0 Å². The minimum atomic E-state index is -0.492. The number of primary amides is 1. The van der Waals surface area contributed by atoms with Gasteiger partial charge in [0.2, 0.25) is 0 Å². The number of hydrogen-bond acceptors (Lipinski definition) is 4. The maximum Gasteiger partial charge on any atom is 0.264 e. The van der Waals surface area contributed by atoms with Crippen LogP contribution in [0.3, 0.4) is 0 Å². The van der Waals surface area contributed by atoms with Crippen molar-refractivity contribution in [2.75, 3.05) is 11.4 Å². The Morgan fingerprint density at radius 1 is 1.53 bits per heavy atom. The van der Waals surface area contributed by atoms with E-state index >= 15 is 0 Å². The highest BCUT2D eigenvalue weighted by atomic mass is 16.1. The smallest absolute Gasteiger partial charge is 0.264 e. The van der Waals surface area contributed by atoms with Crippen molar-refractivity contribution < 1.29 is 4.79 Å². The molecule has 1 aromatic heterocycles. The predicted molar refractivity (Wildman–Crippen MR) is 57.4 cm³/mol. The molecule has 1 amide bonds.